The van der Waals surface area contributed by atoms with Crippen LogP contribution in [0.5, 0.6) is 0 Å². The van der Waals surface area contributed by atoms with Crippen molar-refractivity contribution < 1.29 is 17.9 Å². The summed E-state index contributed by atoms with van der Waals surface area (Å²) in [6.07, 6.45) is 0. The Bertz CT molecular complexity index is 1310. The topological polar surface area (TPSA) is 102 Å². The second-order valence-corrected chi connectivity index (χ2v) is 11.4. The van der Waals surface area contributed by atoms with Crippen molar-refractivity contribution in [1.29, 1.82) is 0 Å². The Morgan fingerprint density at radius 2 is 1.74 bits per heavy atom. The Labute approximate surface area is 207 Å². The van der Waals surface area contributed by atoms with Crippen molar-refractivity contribution >= 4 is 21.6 Å². The summed E-state index contributed by atoms with van der Waals surface area (Å²) in [5.41, 5.74) is 2.84. The molecule has 0 aliphatic carbocycles. The number of anilines is 1. The van der Waals surface area contributed by atoms with Crippen molar-refractivity contribution in [1.82, 2.24) is 15.1 Å². The average Bonchev–Trinajstić information content (AvgIpc) is 3.09. The maximum atomic E-state index is 13.4. The Morgan fingerprint density at radius 1 is 1.11 bits per heavy atom. The summed E-state index contributed by atoms with van der Waals surface area (Å²) >= 11 is 0. The lowest BCUT2D eigenvalue weighted by atomic mass is 9.88. The van der Waals surface area contributed by atoms with Gasteiger partial charge in [-0.05, 0) is 37.0 Å². The fraction of sp³-hybridized carbons (Fsp3) is 0.385. The van der Waals surface area contributed by atoms with Crippen LogP contribution in [0, 0.1) is 12.3 Å². The molecular formula is C26H34N4O4S. The number of ether oxygens (including phenoxy) is 1. The van der Waals surface area contributed by atoms with E-state index in [1.54, 1.807) is 26.3 Å². The molecule has 2 N–H and O–H groups in total. The fourth-order valence-corrected chi connectivity index (χ4v) is 4.57. The van der Waals surface area contributed by atoms with E-state index in [2.05, 4.69) is 15.1 Å². The second kappa shape index (κ2) is 10.2. The van der Waals surface area contributed by atoms with E-state index in [1.165, 1.54) is 16.8 Å². The van der Waals surface area contributed by atoms with E-state index in [4.69, 9.17) is 4.74 Å². The van der Waals surface area contributed by atoms with Gasteiger partial charge in [-0.3, -0.25) is 14.2 Å². The molecule has 0 aliphatic rings. The molecule has 35 heavy (non-hydrogen) atoms. The molecule has 3 rings (SSSR count). The zero-order valence-corrected chi connectivity index (χ0v) is 22.2. The first-order valence-corrected chi connectivity index (χ1v) is 12.9. The summed E-state index contributed by atoms with van der Waals surface area (Å²) < 4.78 is 36.1. The van der Waals surface area contributed by atoms with Gasteiger partial charge in [0.05, 0.1) is 11.5 Å². The van der Waals surface area contributed by atoms with Crippen molar-refractivity contribution in [3.05, 3.63) is 65.4 Å². The summed E-state index contributed by atoms with van der Waals surface area (Å²) in [6, 6.07) is 13.8. The van der Waals surface area contributed by atoms with Crippen LogP contribution in [0.3, 0.4) is 0 Å². The molecule has 0 saturated heterocycles. The predicted octanol–water partition coefficient (Wildman–Crippen LogP) is 4.51. The highest BCUT2D eigenvalue weighted by atomic mass is 32.2. The number of hydrogen-bond acceptors (Lipinski definition) is 5. The minimum absolute atomic E-state index is 0.0949. The van der Waals surface area contributed by atoms with E-state index in [1.807, 2.05) is 58.9 Å². The van der Waals surface area contributed by atoms with E-state index in [0.717, 1.165) is 11.1 Å². The molecule has 0 radical (unpaired) electrons. The van der Waals surface area contributed by atoms with E-state index < -0.39 is 15.9 Å². The standard InChI is InChI=1S/C26H34N4O4S/c1-17-12-14-20(15-13-17)35(32,33)29-23-22(21-11-9-8-10-19(21)16-34-7)28-30(6)24(23)25(31)27-18(2)26(3,4)5/h8-15,18,29H,16H2,1-7H3,(H,27,31)/t18-/m0/s1. The Morgan fingerprint density at radius 3 is 2.34 bits per heavy atom. The Balaban J connectivity index is 2.18. The van der Waals surface area contributed by atoms with Gasteiger partial charge in [0, 0.05) is 25.8 Å². The molecule has 1 amide bonds. The van der Waals surface area contributed by atoms with Gasteiger partial charge in [-0.15, -0.1) is 0 Å². The smallest absolute Gasteiger partial charge is 0.271 e. The molecule has 1 heterocycles. The molecule has 0 aliphatic heterocycles. The van der Waals surface area contributed by atoms with Gasteiger partial charge in [0.25, 0.3) is 15.9 Å². The number of carbonyl (C=O) groups is 1. The van der Waals surface area contributed by atoms with Crippen molar-refractivity contribution in [2.45, 2.75) is 52.2 Å². The number of rotatable bonds is 8. The van der Waals surface area contributed by atoms with Gasteiger partial charge >= 0.3 is 0 Å². The fourth-order valence-electron chi connectivity index (χ4n) is 3.49. The largest absolute Gasteiger partial charge is 0.380 e. The third-order valence-corrected chi connectivity index (χ3v) is 7.41. The molecule has 9 heteroatoms. The van der Waals surface area contributed by atoms with Crippen LogP contribution in [0.4, 0.5) is 5.69 Å². The van der Waals surface area contributed by atoms with Crippen LogP contribution in [-0.4, -0.2) is 37.3 Å². The summed E-state index contributed by atoms with van der Waals surface area (Å²) in [5.74, 6) is -0.417. The first kappa shape index (κ1) is 26.4. The number of nitrogens with zero attached hydrogens (tertiary/aromatic N) is 2. The summed E-state index contributed by atoms with van der Waals surface area (Å²) in [7, 11) is -0.786. The molecule has 0 saturated carbocycles. The lowest BCUT2D eigenvalue weighted by molar-refractivity contribution is 0.0901. The number of benzene rings is 2. The molecule has 0 spiro atoms. The van der Waals surface area contributed by atoms with E-state index in [-0.39, 0.29) is 27.7 Å². The minimum Gasteiger partial charge on any atom is -0.380 e. The van der Waals surface area contributed by atoms with Crippen molar-refractivity contribution in [3.63, 3.8) is 0 Å². The van der Waals surface area contributed by atoms with Gasteiger partial charge in [0.1, 0.15) is 11.4 Å². The molecule has 1 aromatic heterocycles. The van der Waals surface area contributed by atoms with Crippen LogP contribution in [-0.2, 0) is 28.4 Å². The van der Waals surface area contributed by atoms with Crippen molar-refractivity contribution in [2.75, 3.05) is 11.8 Å². The summed E-state index contributed by atoms with van der Waals surface area (Å²) in [6.45, 7) is 10.2. The lowest BCUT2D eigenvalue weighted by Crippen LogP contribution is -2.42. The number of carbonyl (C=O) groups excluding carboxylic acids is 1. The monoisotopic (exact) mass is 498 g/mol. The number of sulfonamides is 1. The van der Waals surface area contributed by atoms with Gasteiger partial charge in [-0.1, -0.05) is 62.7 Å². The number of hydrogen-bond donors (Lipinski definition) is 2. The second-order valence-electron chi connectivity index (χ2n) is 9.77. The maximum absolute atomic E-state index is 13.4. The average molecular weight is 499 g/mol. The van der Waals surface area contributed by atoms with Crippen LogP contribution in [0.1, 0.15) is 49.3 Å². The highest BCUT2D eigenvalue weighted by molar-refractivity contribution is 7.92. The molecule has 1 atom stereocenters. The first-order chi connectivity index (χ1) is 16.3. The molecule has 188 valence electrons. The van der Waals surface area contributed by atoms with Crippen LogP contribution in [0.25, 0.3) is 11.3 Å². The van der Waals surface area contributed by atoms with Crippen LogP contribution in [0.2, 0.25) is 0 Å². The molecule has 0 unspecified atom stereocenters. The first-order valence-electron chi connectivity index (χ1n) is 11.4. The third-order valence-electron chi connectivity index (χ3n) is 6.05. The molecule has 2 aromatic carbocycles. The van der Waals surface area contributed by atoms with Crippen molar-refractivity contribution in [3.8, 4) is 11.3 Å². The number of amides is 1. The number of methoxy groups -OCH3 is 1. The van der Waals surface area contributed by atoms with Gasteiger partial charge < -0.3 is 10.1 Å². The van der Waals surface area contributed by atoms with Gasteiger partial charge in [-0.25, -0.2) is 8.42 Å². The van der Waals surface area contributed by atoms with E-state index in [9.17, 15) is 13.2 Å². The SMILES string of the molecule is COCc1ccccc1-c1nn(C)c(C(=O)N[C@@H](C)C(C)(C)C)c1NS(=O)(=O)c1ccc(C)cc1. The quantitative estimate of drug-likeness (QED) is 0.476. The van der Waals surface area contributed by atoms with Crippen LogP contribution >= 0.6 is 0 Å². The molecular weight excluding hydrogens is 464 g/mol. The van der Waals surface area contributed by atoms with Gasteiger partial charge in [-0.2, -0.15) is 5.10 Å². The van der Waals surface area contributed by atoms with Crippen LogP contribution < -0.4 is 10.0 Å². The molecule has 0 fully saturated rings. The molecule has 8 nitrogen and oxygen atoms in total. The van der Waals surface area contributed by atoms with Gasteiger partial charge in [0.15, 0.2) is 5.69 Å². The highest BCUT2D eigenvalue weighted by Gasteiger charge is 2.30. The third kappa shape index (κ3) is 5.91. The normalized spacial score (nSPS) is 12.9. The maximum Gasteiger partial charge on any atom is 0.271 e. The van der Waals surface area contributed by atoms with E-state index >= 15 is 0 Å². The molecule has 3 aromatic rings. The van der Waals surface area contributed by atoms with Crippen LogP contribution in [0.15, 0.2) is 53.4 Å². The van der Waals surface area contributed by atoms with E-state index in [0.29, 0.717) is 17.9 Å². The number of nitrogens with one attached hydrogen (secondary N) is 2. The number of aryl methyl sites for hydroxylation is 2. The zero-order chi connectivity index (χ0) is 26.0. The lowest BCUT2D eigenvalue weighted by Gasteiger charge is -2.28. The zero-order valence-electron chi connectivity index (χ0n) is 21.3. The number of aromatic nitrogens is 2. The minimum atomic E-state index is -4.00. The molecule has 0 bridgehead atoms. The Hall–Kier alpha value is -3.17. The Kier molecular flexibility index (Phi) is 7.71. The van der Waals surface area contributed by atoms with Gasteiger partial charge in [0.2, 0.25) is 0 Å². The predicted molar refractivity (Wildman–Crippen MR) is 138 cm³/mol. The summed E-state index contributed by atoms with van der Waals surface area (Å²) in [4.78, 5) is 13.5. The summed E-state index contributed by atoms with van der Waals surface area (Å²) in [5, 5.41) is 7.58. The highest BCUT2D eigenvalue weighted by Crippen LogP contribution is 2.35. The van der Waals surface area contributed by atoms with Crippen molar-refractivity contribution in [2.24, 2.45) is 12.5 Å².